The minimum atomic E-state index is -0.689. The molecule has 0 saturated heterocycles. The highest BCUT2D eigenvalue weighted by Gasteiger charge is 2.23. The molecule has 0 spiro atoms. The van der Waals surface area contributed by atoms with E-state index in [9.17, 15) is 14.4 Å². The number of nitrogens with two attached hydrogens (primary N) is 1. The molecule has 3 aromatic rings. The van der Waals surface area contributed by atoms with Gasteiger partial charge in [0.1, 0.15) is 11.4 Å². The van der Waals surface area contributed by atoms with Crippen LogP contribution < -0.4 is 26.5 Å². The smallest absolute Gasteiger partial charge is 0.332 e. The molecule has 0 radical (unpaired) electrons. The van der Waals surface area contributed by atoms with E-state index in [4.69, 9.17) is 15.2 Å². The molecular weight excluding hydrogens is 424 g/mol. The normalized spacial score (nSPS) is 12.3. The summed E-state index contributed by atoms with van der Waals surface area (Å²) in [6, 6.07) is 14.9. The van der Waals surface area contributed by atoms with Gasteiger partial charge in [0.05, 0.1) is 13.1 Å². The molecule has 9 heteroatoms. The van der Waals surface area contributed by atoms with Gasteiger partial charge in [-0.25, -0.2) is 4.79 Å². The molecule has 2 N–H and O–H groups in total. The first-order valence-electron chi connectivity index (χ1n) is 10.7. The van der Waals surface area contributed by atoms with E-state index in [0.29, 0.717) is 24.6 Å². The maximum absolute atomic E-state index is 13.2. The molecule has 1 aromatic heterocycles. The van der Waals surface area contributed by atoms with Crippen molar-refractivity contribution in [2.24, 2.45) is 7.05 Å². The summed E-state index contributed by atoms with van der Waals surface area (Å²) in [4.78, 5) is 40.6. The van der Waals surface area contributed by atoms with Crippen LogP contribution in [0, 0.1) is 0 Å². The molecule has 0 aliphatic carbocycles. The minimum Gasteiger partial charge on any atom is -0.454 e. The van der Waals surface area contributed by atoms with Gasteiger partial charge < -0.3 is 15.2 Å². The second kappa shape index (κ2) is 9.33. The zero-order valence-corrected chi connectivity index (χ0v) is 18.6. The van der Waals surface area contributed by atoms with Crippen LogP contribution >= 0.6 is 0 Å². The summed E-state index contributed by atoms with van der Waals surface area (Å²) < 4.78 is 13.0. The Labute approximate surface area is 190 Å². The van der Waals surface area contributed by atoms with Crippen LogP contribution in [0.1, 0.15) is 28.4 Å². The summed E-state index contributed by atoms with van der Waals surface area (Å²) in [5.74, 6) is 0.810. The first-order chi connectivity index (χ1) is 15.9. The molecule has 9 nitrogen and oxygen atoms in total. The number of carbonyl (C=O) groups excluding carboxylic acids is 1. The molecule has 0 amide bonds. The number of ether oxygens (including phenoxy) is 2. The van der Waals surface area contributed by atoms with E-state index in [0.717, 1.165) is 15.7 Å². The number of anilines is 1. The maximum Gasteiger partial charge on any atom is 0.332 e. The number of hydrogen-bond donors (Lipinski definition) is 1. The van der Waals surface area contributed by atoms with Crippen LogP contribution in [-0.2, 0) is 20.1 Å². The third kappa shape index (κ3) is 4.54. The molecule has 2 aromatic carbocycles. The Morgan fingerprint density at radius 2 is 1.79 bits per heavy atom. The van der Waals surface area contributed by atoms with Crippen LogP contribution in [0.5, 0.6) is 11.5 Å². The van der Waals surface area contributed by atoms with Gasteiger partial charge in [-0.15, -0.1) is 0 Å². The van der Waals surface area contributed by atoms with Crippen LogP contribution in [0.3, 0.4) is 0 Å². The molecule has 0 bridgehead atoms. The average Bonchev–Trinajstić information content (AvgIpc) is 3.29. The number of hydrogen-bond acceptors (Lipinski definition) is 7. The predicted octanol–water partition coefficient (Wildman–Crippen LogP) is 1.61. The first-order valence-corrected chi connectivity index (χ1v) is 10.7. The van der Waals surface area contributed by atoms with Crippen molar-refractivity contribution in [3.8, 4) is 11.5 Å². The molecule has 0 fully saturated rings. The molecule has 0 unspecified atom stereocenters. The largest absolute Gasteiger partial charge is 0.454 e. The minimum absolute atomic E-state index is 0.0199. The quantitative estimate of drug-likeness (QED) is 0.520. The number of nitrogen functional groups attached to an aromatic ring is 1. The molecule has 2 heterocycles. The molecule has 1 aliphatic heterocycles. The standard InChI is InChI=1S/C24H26N4O5/c1-3-27(12-17-9-10-19-20(11-17)33-15-32-19)14-18(29)21-22(25)28(24(31)26(2)23(21)30)13-16-7-5-4-6-8-16/h4-11H,3,12-15,25H2,1-2H3. The van der Waals surface area contributed by atoms with Crippen molar-refractivity contribution in [1.82, 2.24) is 14.0 Å². The van der Waals surface area contributed by atoms with Crippen molar-refractivity contribution < 1.29 is 14.3 Å². The lowest BCUT2D eigenvalue weighted by Gasteiger charge is -2.21. The highest BCUT2D eigenvalue weighted by molar-refractivity contribution is 6.01. The van der Waals surface area contributed by atoms with Crippen molar-refractivity contribution >= 4 is 11.6 Å². The Balaban J connectivity index is 1.60. The Morgan fingerprint density at radius 1 is 1.06 bits per heavy atom. The summed E-state index contributed by atoms with van der Waals surface area (Å²) >= 11 is 0. The summed E-state index contributed by atoms with van der Waals surface area (Å²) in [7, 11) is 1.35. The van der Waals surface area contributed by atoms with Crippen LogP contribution in [0.15, 0.2) is 58.1 Å². The van der Waals surface area contributed by atoms with Crippen molar-refractivity contribution in [2.75, 3.05) is 25.6 Å². The number of aromatic nitrogens is 2. The van der Waals surface area contributed by atoms with Gasteiger partial charge in [0.25, 0.3) is 5.56 Å². The number of nitrogens with zero attached hydrogens (tertiary/aromatic N) is 3. The van der Waals surface area contributed by atoms with E-state index in [1.54, 1.807) is 0 Å². The topological polar surface area (TPSA) is 109 Å². The summed E-state index contributed by atoms with van der Waals surface area (Å²) in [5, 5.41) is 0. The van der Waals surface area contributed by atoms with Crippen LogP contribution in [0.2, 0.25) is 0 Å². The highest BCUT2D eigenvalue weighted by Crippen LogP contribution is 2.32. The summed E-state index contributed by atoms with van der Waals surface area (Å²) in [5.41, 5.74) is 6.57. The number of likely N-dealkylation sites (N-methyl/N-ethyl adjacent to an activating group) is 1. The van der Waals surface area contributed by atoms with Gasteiger partial charge in [0.15, 0.2) is 17.3 Å². The van der Waals surface area contributed by atoms with Crippen LogP contribution in [-0.4, -0.2) is 39.7 Å². The number of Topliss-reactive ketones (excluding diaryl/α,β-unsaturated/α-hetero) is 1. The zero-order chi connectivity index (χ0) is 23.5. The zero-order valence-electron chi connectivity index (χ0n) is 18.6. The fourth-order valence-electron chi connectivity index (χ4n) is 3.82. The lowest BCUT2D eigenvalue weighted by atomic mass is 10.1. The third-order valence-electron chi connectivity index (χ3n) is 5.70. The van der Waals surface area contributed by atoms with E-state index in [1.165, 1.54) is 11.6 Å². The molecule has 4 rings (SSSR count). The third-order valence-corrected chi connectivity index (χ3v) is 5.70. The molecule has 0 atom stereocenters. The SMILES string of the molecule is CCN(CC(=O)c1c(N)n(Cc2ccccc2)c(=O)n(C)c1=O)Cc1ccc2c(c1)OCO2. The van der Waals surface area contributed by atoms with Crippen molar-refractivity contribution in [3.63, 3.8) is 0 Å². The molecule has 33 heavy (non-hydrogen) atoms. The lowest BCUT2D eigenvalue weighted by molar-refractivity contribution is 0.0927. The second-order valence-electron chi connectivity index (χ2n) is 7.89. The Hall–Kier alpha value is -3.85. The van der Waals surface area contributed by atoms with Crippen molar-refractivity contribution in [2.45, 2.75) is 20.0 Å². The molecule has 1 aliphatic rings. The Morgan fingerprint density at radius 3 is 2.52 bits per heavy atom. The average molecular weight is 450 g/mol. The van der Waals surface area contributed by atoms with Crippen LogP contribution in [0.4, 0.5) is 5.82 Å². The van der Waals surface area contributed by atoms with Gasteiger partial charge in [-0.2, -0.15) is 0 Å². The Bertz CT molecular complexity index is 1300. The van der Waals surface area contributed by atoms with E-state index < -0.39 is 17.0 Å². The lowest BCUT2D eigenvalue weighted by Crippen LogP contribution is -2.44. The van der Waals surface area contributed by atoms with Crippen molar-refractivity contribution in [1.29, 1.82) is 0 Å². The Kier molecular flexibility index (Phi) is 6.32. The van der Waals surface area contributed by atoms with E-state index in [2.05, 4.69) is 0 Å². The number of carbonyl (C=O) groups is 1. The van der Waals surface area contributed by atoms with Gasteiger partial charge in [0.2, 0.25) is 6.79 Å². The summed E-state index contributed by atoms with van der Waals surface area (Å²) in [6.45, 7) is 3.31. The van der Waals surface area contributed by atoms with Gasteiger partial charge in [0, 0.05) is 13.6 Å². The molecule has 0 saturated carbocycles. The van der Waals surface area contributed by atoms with E-state index >= 15 is 0 Å². The first kappa shape index (κ1) is 22.3. The second-order valence-corrected chi connectivity index (χ2v) is 7.89. The van der Waals surface area contributed by atoms with Gasteiger partial charge in [-0.3, -0.25) is 23.6 Å². The number of ketones is 1. The maximum atomic E-state index is 13.2. The highest BCUT2D eigenvalue weighted by atomic mass is 16.7. The number of benzene rings is 2. The van der Waals surface area contributed by atoms with Crippen molar-refractivity contribution in [3.05, 3.63) is 86.1 Å². The molecule has 172 valence electrons. The van der Waals surface area contributed by atoms with Gasteiger partial charge in [-0.05, 0) is 29.8 Å². The predicted molar refractivity (Wildman–Crippen MR) is 124 cm³/mol. The van der Waals surface area contributed by atoms with E-state index in [1.807, 2.05) is 60.4 Å². The monoisotopic (exact) mass is 450 g/mol. The fraction of sp³-hybridized carbons (Fsp3) is 0.292. The van der Waals surface area contributed by atoms with Crippen LogP contribution in [0.25, 0.3) is 0 Å². The number of rotatable bonds is 8. The van der Waals surface area contributed by atoms with Gasteiger partial charge >= 0.3 is 5.69 Å². The summed E-state index contributed by atoms with van der Waals surface area (Å²) in [6.07, 6.45) is 0. The molecular formula is C24H26N4O5. The van der Waals surface area contributed by atoms with E-state index in [-0.39, 0.29) is 31.3 Å². The van der Waals surface area contributed by atoms with Gasteiger partial charge in [-0.1, -0.05) is 43.3 Å². The fourth-order valence-corrected chi connectivity index (χ4v) is 3.82. The number of fused-ring (bicyclic) bond motifs is 1.